The molecule has 0 saturated carbocycles. The summed E-state index contributed by atoms with van der Waals surface area (Å²) in [6.07, 6.45) is 0.705. The third kappa shape index (κ3) is 3.07. The minimum absolute atomic E-state index is 0.208. The molecule has 2 rings (SSSR count). The molecule has 0 bridgehead atoms. The van der Waals surface area contributed by atoms with Gasteiger partial charge in [-0.2, -0.15) is 11.8 Å². The van der Waals surface area contributed by atoms with E-state index in [0.29, 0.717) is 12.2 Å². The fourth-order valence-corrected chi connectivity index (χ4v) is 4.51. The third-order valence-corrected chi connectivity index (χ3v) is 5.60. The zero-order valence-corrected chi connectivity index (χ0v) is 11.7. The van der Waals surface area contributed by atoms with Gasteiger partial charge < -0.3 is 5.73 Å². The first-order valence-electron chi connectivity index (χ1n) is 5.72. The van der Waals surface area contributed by atoms with Gasteiger partial charge in [0.15, 0.2) is 5.82 Å². The molecule has 4 nitrogen and oxygen atoms in total. The number of nitrogens with two attached hydrogens (primary N) is 1. The lowest BCUT2D eigenvalue weighted by atomic mass is 10.2. The molecule has 1 aromatic carbocycles. The van der Waals surface area contributed by atoms with Crippen LogP contribution in [0, 0.1) is 11.6 Å². The van der Waals surface area contributed by atoms with Crippen molar-refractivity contribution >= 4 is 21.8 Å². The lowest BCUT2D eigenvalue weighted by Gasteiger charge is -2.14. The molecule has 8 heteroatoms. The standard InChI is InChI=1S/C11H14F2N2O2S2/c12-9-1-2-10(11(13)8(9)5-14)19(16,17)15-7-3-4-18-6-7/h1-2,7,15H,3-6,14H2. The number of sulfonamides is 1. The van der Waals surface area contributed by atoms with E-state index in [-0.39, 0.29) is 12.6 Å². The molecule has 1 heterocycles. The predicted molar refractivity (Wildman–Crippen MR) is 70.3 cm³/mol. The van der Waals surface area contributed by atoms with Gasteiger partial charge in [0.1, 0.15) is 10.7 Å². The molecule has 1 aliphatic heterocycles. The Morgan fingerprint density at radius 3 is 2.74 bits per heavy atom. The van der Waals surface area contributed by atoms with Crippen LogP contribution in [0.5, 0.6) is 0 Å². The highest BCUT2D eigenvalue weighted by Gasteiger charge is 2.27. The van der Waals surface area contributed by atoms with E-state index < -0.39 is 32.1 Å². The minimum Gasteiger partial charge on any atom is -0.326 e. The molecule has 19 heavy (non-hydrogen) atoms. The molecular weight excluding hydrogens is 294 g/mol. The number of thioether (sulfide) groups is 1. The van der Waals surface area contributed by atoms with E-state index in [1.54, 1.807) is 11.8 Å². The Morgan fingerprint density at radius 2 is 2.16 bits per heavy atom. The number of benzene rings is 1. The van der Waals surface area contributed by atoms with Crippen LogP contribution in [-0.4, -0.2) is 26.0 Å². The Balaban J connectivity index is 2.34. The third-order valence-electron chi connectivity index (χ3n) is 2.90. The molecule has 0 aromatic heterocycles. The first kappa shape index (κ1) is 14.7. The van der Waals surface area contributed by atoms with Gasteiger partial charge in [-0.15, -0.1) is 0 Å². The summed E-state index contributed by atoms with van der Waals surface area (Å²) < 4.78 is 53.8. The highest BCUT2D eigenvalue weighted by molar-refractivity contribution is 7.99. The number of nitrogens with one attached hydrogen (secondary N) is 1. The summed E-state index contributed by atoms with van der Waals surface area (Å²) in [5.41, 5.74) is 4.82. The van der Waals surface area contributed by atoms with Crippen LogP contribution in [0.15, 0.2) is 17.0 Å². The SMILES string of the molecule is NCc1c(F)ccc(S(=O)(=O)NC2CCSC2)c1F. The Hall–Kier alpha value is -0.700. The van der Waals surface area contributed by atoms with Crippen LogP contribution < -0.4 is 10.5 Å². The van der Waals surface area contributed by atoms with Crippen molar-refractivity contribution in [2.24, 2.45) is 5.73 Å². The quantitative estimate of drug-likeness (QED) is 0.877. The number of rotatable bonds is 4. The Labute approximate surface area is 114 Å². The highest BCUT2D eigenvalue weighted by Crippen LogP contribution is 2.23. The maximum absolute atomic E-state index is 14.0. The topological polar surface area (TPSA) is 72.2 Å². The van der Waals surface area contributed by atoms with Gasteiger partial charge in [0.2, 0.25) is 10.0 Å². The van der Waals surface area contributed by atoms with Crippen molar-refractivity contribution < 1.29 is 17.2 Å². The van der Waals surface area contributed by atoms with Crippen LogP contribution in [0.2, 0.25) is 0 Å². The van der Waals surface area contributed by atoms with Crippen molar-refractivity contribution in [1.82, 2.24) is 4.72 Å². The molecule has 0 aliphatic carbocycles. The van der Waals surface area contributed by atoms with E-state index in [1.165, 1.54) is 0 Å². The van der Waals surface area contributed by atoms with Crippen LogP contribution in [0.1, 0.15) is 12.0 Å². The van der Waals surface area contributed by atoms with Crippen molar-refractivity contribution in [3.8, 4) is 0 Å². The molecular formula is C11H14F2N2O2S2. The molecule has 3 N–H and O–H groups in total. The minimum atomic E-state index is -3.98. The highest BCUT2D eigenvalue weighted by atomic mass is 32.2. The molecule has 0 radical (unpaired) electrons. The van der Waals surface area contributed by atoms with E-state index in [0.717, 1.165) is 17.9 Å². The van der Waals surface area contributed by atoms with E-state index in [4.69, 9.17) is 5.73 Å². The number of hydrogen-bond acceptors (Lipinski definition) is 4. The maximum Gasteiger partial charge on any atom is 0.243 e. The summed E-state index contributed by atoms with van der Waals surface area (Å²) >= 11 is 1.63. The molecule has 0 spiro atoms. The first-order chi connectivity index (χ1) is 8.95. The van der Waals surface area contributed by atoms with Crippen molar-refractivity contribution in [1.29, 1.82) is 0 Å². The molecule has 106 valence electrons. The Morgan fingerprint density at radius 1 is 1.42 bits per heavy atom. The summed E-state index contributed by atoms with van der Waals surface area (Å²) in [6, 6.07) is 1.64. The van der Waals surface area contributed by atoms with E-state index in [9.17, 15) is 17.2 Å². The average Bonchev–Trinajstić information content (AvgIpc) is 2.81. The van der Waals surface area contributed by atoms with E-state index >= 15 is 0 Å². The molecule has 1 atom stereocenters. The summed E-state index contributed by atoms with van der Waals surface area (Å²) in [6.45, 7) is -0.389. The largest absolute Gasteiger partial charge is 0.326 e. The molecule has 1 fully saturated rings. The predicted octanol–water partition coefficient (Wildman–Crippen LogP) is 1.21. The average molecular weight is 308 g/mol. The van der Waals surface area contributed by atoms with Crippen LogP contribution >= 0.6 is 11.8 Å². The monoisotopic (exact) mass is 308 g/mol. The van der Waals surface area contributed by atoms with Crippen LogP contribution in [0.3, 0.4) is 0 Å². The van der Waals surface area contributed by atoms with Gasteiger partial charge in [-0.25, -0.2) is 21.9 Å². The smallest absolute Gasteiger partial charge is 0.243 e. The van der Waals surface area contributed by atoms with Crippen LogP contribution in [-0.2, 0) is 16.6 Å². The Bertz CT molecular complexity index is 572. The maximum atomic E-state index is 14.0. The van der Waals surface area contributed by atoms with Gasteiger partial charge in [0.05, 0.1) is 0 Å². The molecule has 1 unspecified atom stereocenters. The summed E-state index contributed by atoms with van der Waals surface area (Å²) in [4.78, 5) is -0.550. The molecule has 1 saturated heterocycles. The van der Waals surface area contributed by atoms with Gasteiger partial charge in [-0.3, -0.25) is 0 Å². The van der Waals surface area contributed by atoms with E-state index in [2.05, 4.69) is 4.72 Å². The van der Waals surface area contributed by atoms with Crippen LogP contribution in [0.25, 0.3) is 0 Å². The second kappa shape index (κ2) is 5.74. The normalized spacial score (nSPS) is 19.8. The second-order valence-corrected chi connectivity index (χ2v) is 7.06. The zero-order chi connectivity index (χ0) is 14.0. The van der Waals surface area contributed by atoms with Crippen molar-refractivity contribution in [2.45, 2.75) is 23.9 Å². The van der Waals surface area contributed by atoms with Gasteiger partial charge in [-0.1, -0.05) is 0 Å². The Kier molecular flexibility index (Phi) is 4.44. The summed E-state index contributed by atoms with van der Waals surface area (Å²) in [5.74, 6) is -0.421. The summed E-state index contributed by atoms with van der Waals surface area (Å²) in [7, 11) is -3.98. The van der Waals surface area contributed by atoms with Gasteiger partial charge >= 0.3 is 0 Å². The van der Waals surface area contributed by atoms with Gasteiger partial charge in [-0.05, 0) is 24.3 Å². The van der Waals surface area contributed by atoms with Crippen molar-refractivity contribution in [3.63, 3.8) is 0 Å². The summed E-state index contributed by atoms with van der Waals surface area (Å²) in [5, 5.41) is 0. The van der Waals surface area contributed by atoms with E-state index in [1.807, 2.05) is 0 Å². The fourth-order valence-electron chi connectivity index (χ4n) is 1.88. The van der Waals surface area contributed by atoms with Gasteiger partial charge in [0, 0.05) is 23.9 Å². The fraction of sp³-hybridized carbons (Fsp3) is 0.455. The first-order valence-corrected chi connectivity index (χ1v) is 8.36. The lowest BCUT2D eigenvalue weighted by molar-refractivity contribution is 0.521. The van der Waals surface area contributed by atoms with Crippen molar-refractivity contribution in [3.05, 3.63) is 29.3 Å². The number of hydrogen-bond donors (Lipinski definition) is 2. The van der Waals surface area contributed by atoms with Crippen LogP contribution in [0.4, 0.5) is 8.78 Å². The lowest BCUT2D eigenvalue weighted by Crippen LogP contribution is -2.35. The molecule has 1 aromatic rings. The zero-order valence-electron chi connectivity index (χ0n) is 10.0. The second-order valence-electron chi connectivity index (χ2n) is 4.22. The number of halogens is 2. The molecule has 0 amide bonds. The van der Waals surface area contributed by atoms with Gasteiger partial charge in [0.25, 0.3) is 0 Å². The van der Waals surface area contributed by atoms with Crippen molar-refractivity contribution in [2.75, 3.05) is 11.5 Å². The molecule has 1 aliphatic rings.